The van der Waals surface area contributed by atoms with Crippen LogP contribution in [0.5, 0.6) is 0 Å². The molecule has 2 atom stereocenters. The number of amides is 1. The Morgan fingerprint density at radius 3 is 2.67 bits per heavy atom. The minimum Gasteiger partial charge on any atom is -0.372 e. The second-order valence-corrected chi connectivity index (χ2v) is 3.98. The van der Waals surface area contributed by atoms with E-state index in [9.17, 15) is 4.79 Å². The van der Waals surface area contributed by atoms with E-state index in [1.807, 2.05) is 18.7 Å². The van der Waals surface area contributed by atoms with Crippen LogP contribution in [0.3, 0.4) is 0 Å². The van der Waals surface area contributed by atoms with E-state index < -0.39 is 0 Å². The molecule has 1 heterocycles. The van der Waals surface area contributed by atoms with Gasteiger partial charge in [-0.3, -0.25) is 4.79 Å². The van der Waals surface area contributed by atoms with Gasteiger partial charge in [-0.25, -0.2) is 0 Å². The van der Waals surface area contributed by atoms with Crippen molar-refractivity contribution in [2.45, 2.75) is 26.1 Å². The molecule has 0 aromatic rings. The van der Waals surface area contributed by atoms with Gasteiger partial charge in [-0.2, -0.15) is 0 Å². The number of morpholine rings is 1. The van der Waals surface area contributed by atoms with Gasteiger partial charge in [0.05, 0.1) is 18.8 Å². The maximum Gasteiger partial charge on any atom is 0.236 e. The largest absolute Gasteiger partial charge is 0.372 e. The Morgan fingerprint density at radius 1 is 1.53 bits per heavy atom. The summed E-state index contributed by atoms with van der Waals surface area (Å²) in [5, 5.41) is 3.01. The molecular weight excluding hydrogens is 192 g/mol. The zero-order valence-electron chi connectivity index (χ0n) is 9.53. The third-order valence-electron chi connectivity index (χ3n) is 2.34. The highest BCUT2D eigenvalue weighted by Crippen LogP contribution is 2.10. The van der Waals surface area contributed by atoms with E-state index >= 15 is 0 Å². The summed E-state index contributed by atoms with van der Waals surface area (Å²) in [6.07, 6.45) is 2.02. The predicted molar refractivity (Wildman–Crippen MR) is 59.7 cm³/mol. The van der Waals surface area contributed by atoms with Gasteiger partial charge in [0.15, 0.2) is 0 Å². The van der Waals surface area contributed by atoms with Crippen LogP contribution in [0.4, 0.5) is 0 Å². The number of hydrogen-bond donors (Lipinski definition) is 1. The quantitative estimate of drug-likeness (QED) is 0.541. The van der Waals surface area contributed by atoms with Crippen molar-refractivity contribution >= 4 is 5.91 Å². The predicted octanol–water partition coefficient (Wildman–Crippen LogP) is 0.398. The van der Waals surface area contributed by atoms with Gasteiger partial charge in [0.2, 0.25) is 5.91 Å². The van der Waals surface area contributed by atoms with Gasteiger partial charge in [0.25, 0.3) is 0 Å². The Hall–Kier alpha value is -0.870. The van der Waals surface area contributed by atoms with E-state index in [-0.39, 0.29) is 18.1 Å². The molecule has 86 valence electrons. The molecule has 0 spiro atoms. The molecule has 1 N–H and O–H groups in total. The molecule has 0 bridgehead atoms. The van der Waals surface area contributed by atoms with Crippen molar-refractivity contribution in [2.24, 2.45) is 0 Å². The van der Waals surface area contributed by atoms with Crippen molar-refractivity contribution < 1.29 is 9.53 Å². The molecule has 1 fully saturated rings. The molecule has 0 saturated carbocycles. The molecule has 1 aliphatic heterocycles. The standard InChI is InChI=1S/C11H20N2O2/c1-4-5-12-6-11(14)13-7-9(2)15-10(3)8-13/h4,9-10,12H,1,5-8H2,2-3H3/t9-,10+. The summed E-state index contributed by atoms with van der Waals surface area (Å²) >= 11 is 0. The number of rotatable bonds is 4. The fraction of sp³-hybridized carbons (Fsp3) is 0.727. The Balaban J connectivity index is 2.34. The van der Waals surface area contributed by atoms with Crippen LogP contribution >= 0.6 is 0 Å². The maximum absolute atomic E-state index is 11.7. The lowest BCUT2D eigenvalue weighted by molar-refractivity contribution is -0.142. The summed E-state index contributed by atoms with van der Waals surface area (Å²) < 4.78 is 5.56. The first kappa shape index (κ1) is 12.2. The van der Waals surface area contributed by atoms with Gasteiger partial charge in [-0.15, -0.1) is 6.58 Å². The lowest BCUT2D eigenvalue weighted by Crippen LogP contribution is -2.50. The van der Waals surface area contributed by atoms with E-state index in [4.69, 9.17) is 4.74 Å². The van der Waals surface area contributed by atoms with Gasteiger partial charge in [-0.1, -0.05) is 6.08 Å². The molecule has 1 aliphatic rings. The highest BCUT2D eigenvalue weighted by Gasteiger charge is 2.25. The van der Waals surface area contributed by atoms with Crippen molar-refractivity contribution in [3.05, 3.63) is 12.7 Å². The minimum absolute atomic E-state index is 0.136. The van der Waals surface area contributed by atoms with Crippen molar-refractivity contribution in [2.75, 3.05) is 26.2 Å². The average molecular weight is 212 g/mol. The van der Waals surface area contributed by atoms with E-state index in [1.54, 1.807) is 6.08 Å². The molecule has 4 nitrogen and oxygen atoms in total. The number of carbonyl (C=O) groups is 1. The molecule has 0 unspecified atom stereocenters. The van der Waals surface area contributed by atoms with Gasteiger partial charge in [-0.05, 0) is 13.8 Å². The monoisotopic (exact) mass is 212 g/mol. The van der Waals surface area contributed by atoms with Gasteiger partial charge in [0, 0.05) is 19.6 Å². The van der Waals surface area contributed by atoms with Crippen LogP contribution in [0.2, 0.25) is 0 Å². The molecular formula is C11H20N2O2. The maximum atomic E-state index is 11.7. The summed E-state index contributed by atoms with van der Waals surface area (Å²) in [5.74, 6) is 0.138. The number of carbonyl (C=O) groups excluding carboxylic acids is 1. The van der Waals surface area contributed by atoms with Gasteiger partial charge < -0.3 is 15.0 Å². The van der Waals surface area contributed by atoms with Gasteiger partial charge in [0.1, 0.15) is 0 Å². The smallest absolute Gasteiger partial charge is 0.236 e. The zero-order valence-corrected chi connectivity index (χ0v) is 9.53. The molecule has 1 saturated heterocycles. The second kappa shape index (κ2) is 5.88. The first-order valence-electron chi connectivity index (χ1n) is 5.38. The van der Waals surface area contributed by atoms with Crippen LogP contribution in [-0.2, 0) is 9.53 Å². The Bertz CT molecular complexity index is 221. The Labute approximate surface area is 91.3 Å². The lowest BCUT2D eigenvalue weighted by Gasteiger charge is -2.35. The fourth-order valence-electron chi connectivity index (χ4n) is 1.77. The summed E-state index contributed by atoms with van der Waals surface area (Å²) in [6.45, 7) is 10.0. The minimum atomic E-state index is 0.136. The summed E-state index contributed by atoms with van der Waals surface area (Å²) in [4.78, 5) is 13.6. The van der Waals surface area contributed by atoms with Crippen LogP contribution < -0.4 is 5.32 Å². The van der Waals surface area contributed by atoms with Crippen molar-refractivity contribution in [1.82, 2.24) is 10.2 Å². The molecule has 0 aromatic heterocycles. The van der Waals surface area contributed by atoms with Crippen LogP contribution in [0.15, 0.2) is 12.7 Å². The average Bonchev–Trinajstić information content (AvgIpc) is 2.16. The first-order chi connectivity index (χ1) is 7.13. The molecule has 1 amide bonds. The number of ether oxygens (including phenoxy) is 1. The zero-order chi connectivity index (χ0) is 11.3. The van der Waals surface area contributed by atoms with Crippen LogP contribution in [0, 0.1) is 0 Å². The number of nitrogens with one attached hydrogen (secondary N) is 1. The van der Waals surface area contributed by atoms with E-state index in [0.717, 1.165) is 0 Å². The fourth-order valence-corrected chi connectivity index (χ4v) is 1.77. The Morgan fingerprint density at radius 2 is 2.13 bits per heavy atom. The third-order valence-corrected chi connectivity index (χ3v) is 2.34. The molecule has 1 rings (SSSR count). The van der Waals surface area contributed by atoms with Crippen LogP contribution in [0.25, 0.3) is 0 Å². The van der Waals surface area contributed by atoms with Crippen LogP contribution in [0.1, 0.15) is 13.8 Å². The SMILES string of the molecule is C=CCNCC(=O)N1C[C@@H](C)O[C@@H](C)C1. The highest BCUT2D eigenvalue weighted by atomic mass is 16.5. The van der Waals surface area contributed by atoms with E-state index in [0.29, 0.717) is 26.2 Å². The third kappa shape index (κ3) is 4.01. The molecule has 4 heteroatoms. The topological polar surface area (TPSA) is 41.6 Å². The molecule has 15 heavy (non-hydrogen) atoms. The van der Waals surface area contributed by atoms with E-state index in [2.05, 4.69) is 11.9 Å². The summed E-state index contributed by atoms with van der Waals surface area (Å²) in [6, 6.07) is 0. The first-order valence-corrected chi connectivity index (χ1v) is 5.38. The molecule has 0 aromatic carbocycles. The lowest BCUT2D eigenvalue weighted by atomic mass is 10.2. The number of hydrogen-bond acceptors (Lipinski definition) is 3. The van der Waals surface area contributed by atoms with Crippen molar-refractivity contribution in [1.29, 1.82) is 0 Å². The summed E-state index contributed by atoms with van der Waals surface area (Å²) in [5.41, 5.74) is 0. The second-order valence-electron chi connectivity index (χ2n) is 3.98. The van der Waals surface area contributed by atoms with Gasteiger partial charge >= 0.3 is 0 Å². The van der Waals surface area contributed by atoms with E-state index in [1.165, 1.54) is 0 Å². The highest BCUT2D eigenvalue weighted by molar-refractivity contribution is 5.78. The summed E-state index contributed by atoms with van der Waals surface area (Å²) in [7, 11) is 0. The Kier molecular flexibility index (Phi) is 4.78. The van der Waals surface area contributed by atoms with Crippen molar-refractivity contribution in [3.8, 4) is 0 Å². The number of nitrogens with zero attached hydrogens (tertiary/aromatic N) is 1. The molecule has 0 radical (unpaired) electrons. The molecule has 0 aliphatic carbocycles. The van der Waals surface area contributed by atoms with Crippen molar-refractivity contribution in [3.63, 3.8) is 0 Å². The normalized spacial score (nSPS) is 26.4. The van der Waals surface area contributed by atoms with Crippen LogP contribution in [-0.4, -0.2) is 49.2 Å².